The monoisotopic (exact) mass is 403 g/mol. The molecule has 0 spiro atoms. The van der Waals surface area contributed by atoms with Crippen molar-refractivity contribution in [3.8, 4) is 0 Å². The van der Waals surface area contributed by atoms with Crippen molar-refractivity contribution in [3.63, 3.8) is 0 Å². The van der Waals surface area contributed by atoms with Crippen LogP contribution in [-0.2, 0) is 14.6 Å². The number of hydrogen-bond acceptors (Lipinski definition) is 7. The van der Waals surface area contributed by atoms with Gasteiger partial charge >= 0.3 is 0 Å². The number of anilines is 1. The Morgan fingerprint density at radius 2 is 2.00 bits per heavy atom. The second-order valence-corrected chi connectivity index (χ2v) is 8.61. The molecule has 3 rings (SSSR count). The van der Waals surface area contributed by atoms with E-state index in [0.717, 1.165) is 17.6 Å². The molecule has 0 bridgehead atoms. The first kappa shape index (κ1) is 18.7. The number of carbonyl (C=O) groups is 1. The molecule has 0 unspecified atom stereocenters. The van der Waals surface area contributed by atoms with Gasteiger partial charge in [0.05, 0.1) is 25.6 Å². The van der Waals surface area contributed by atoms with E-state index in [1.54, 1.807) is 18.2 Å². The Kier molecular flexibility index (Phi) is 5.02. The lowest BCUT2D eigenvalue weighted by atomic mass is 10.1. The lowest BCUT2D eigenvalue weighted by Gasteiger charge is -1.97. The Labute approximate surface area is 158 Å². The molecule has 138 valence electrons. The van der Waals surface area contributed by atoms with Crippen LogP contribution in [0.3, 0.4) is 0 Å². The van der Waals surface area contributed by atoms with E-state index in [9.17, 15) is 23.3 Å². The van der Waals surface area contributed by atoms with Crippen LogP contribution < -0.4 is 5.32 Å². The third kappa shape index (κ3) is 4.36. The summed E-state index contributed by atoms with van der Waals surface area (Å²) in [5.74, 6) is -0.504. The minimum atomic E-state index is -3.33. The molecule has 3 aromatic rings. The van der Waals surface area contributed by atoms with Crippen LogP contribution in [0.4, 0.5) is 10.8 Å². The summed E-state index contributed by atoms with van der Waals surface area (Å²) in [5, 5.41) is 13.8. The molecule has 8 nitrogen and oxygen atoms in total. The molecule has 1 amide bonds. The Morgan fingerprint density at radius 3 is 2.70 bits per heavy atom. The van der Waals surface area contributed by atoms with Gasteiger partial charge < -0.3 is 0 Å². The van der Waals surface area contributed by atoms with Crippen molar-refractivity contribution in [1.82, 2.24) is 4.98 Å². The average Bonchev–Trinajstić information content (AvgIpc) is 3.00. The molecular weight excluding hydrogens is 390 g/mol. The quantitative estimate of drug-likeness (QED) is 0.397. The van der Waals surface area contributed by atoms with E-state index >= 15 is 0 Å². The largest absolute Gasteiger partial charge is 0.298 e. The second-order valence-electron chi connectivity index (χ2n) is 5.56. The smallest absolute Gasteiger partial charge is 0.276 e. The molecular formula is C17H13N3O5S2. The van der Waals surface area contributed by atoms with Crippen LogP contribution in [0.1, 0.15) is 5.56 Å². The zero-order chi connectivity index (χ0) is 19.6. The molecule has 0 saturated carbocycles. The van der Waals surface area contributed by atoms with Gasteiger partial charge in [-0.25, -0.2) is 13.4 Å². The predicted octanol–water partition coefficient (Wildman–Crippen LogP) is 3.26. The molecule has 27 heavy (non-hydrogen) atoms. The number of rotatable bonds is 5. The van der Waals surface area contributed by atoms with Crippen LogP contribution in [-0.4, -0.2) is 30.5 Å². The fourth-order valence-corrected chi connectivity index (χ4v) is 3.93. The summed E-state index contributed by atoms with van der Waals surface area (Å²) in [4.78, 5) is 26.9. The van der Waals surface area contributed by atoms with Crippen molar-refractivity contribution >= 4 is 54.2 Å². The third-order valence-corrected chi connectivity index (χ3v) is 5.61. The first-order valence-electron chi connectivity index (χ1n) is 7.57. The summed E-state index contributed by atoms with van der Waals surface area (Å²) in [7, 11) is -3.33. The zero-order valence-corrected chi connectivity index (χ0v) is 15.6. The molecule has 0 aliphatic rings. The number of thiazole rings is 1. The van der Waals surface area contributed by atoms with Gasteiger partial charge in [0.25, 0.3) is 5.69 Å². The molecule has 0 fully saturated rings. The van der Waals surface area contributed by atoms with Crippen molar-refractivity contribution in [3.05, 3.63) is 64.2 Å². The summed E-state index contributed by atoms with van der Waals surface area (Å²) in [5.41, 5.74) is 0.764. The number of nitro groups is 1. The highest BCUT2D eigenvalue weighted by molar-refractivity contribution is 7.90. The highest BCUT2D eigenvalue weighted by Crippen LogP contribution is 2.28. The van der Waals surface area contributed by atoms with Gasteiger partial charge in [0.15, 0.2) is 15.0 Å². The van der Waals surface area contributed by atoms with Crippen LogP contribution in [0.2, 0.25) is 0 Å². The van der Waals surface area contributed by atoms with Gasteiger partial charge in [0.2, 0.25) is 5.91 Å². The first-order chi connectivity index (χ1) is 12.7. The van der Waals surface area contributed by atoms with Gasteiger partial charge in [0.1, 0.15) is 0 Å². The summed E-state index contributed by atoms with van der Waals surface area (Å²) in [6.07, 6.45) is 3.64. The maximum atomic E-state index is 12.1. The summed E-state index contributed by atoms with van der Waals surface area (Å²) in [6.45, 7) is 0. The standard InChI is InChI=1S/C17H13N3O5S2/c1-27(24,25)12-7-8-13-15(10-12)26-17(18-13)19-16(21)9-6-11-4-2-3-5-14(11)20(22)23/h2-10H,1H3,(H,18,19,21)/b9-6-. The van der Waals surface area contributed by atoms with E-state index in [1.807, 2.05) is 0 Å². The fraction of sp³-hybridized carbons (Fsp3) is 0.0588. The van der Waals surface area contributed by atoms with Gasteiger partial charge in [-0.15, -0.1) is 0 Å². The molecule has 1 N–H and O–H groups in total. The van der Waals surface area contributed by atoms with E-state index in [4.69, 9.17) is 0 Å². The van der Waals surface area contributed by atoms with Gasteiger partial charge in [-0.3, -0.25) is 20.2 Å². The van der Waals surface area contributed by atoms with E-state index in [1.165, 1.54) is 36.4 Å². The van der Waals surface area contributed by atoms with Crippen LogP contribution in [0.5, 0.6) is 0 Å². The molecule has 0 saturated heterocycles. The van der Waals surface area contributed by atoms with Gasteiger partial charge in [-0.1, -0.05) is 23.5 Å². The van der Waals surface area contributed by atoms with Crippen molar-refractivity contribution < 1.29 is 18.1 Å². The minimum Gasteiger partial charge on any atom is -0.298 e. The highest BCUT2D eigenvalue weighted by atomic mass is 32.2. The summed E-state index contributed by atoms with van der Waals surface area (Å²) in [6, 6.07) is 10.6. The third-order valence-electron chi connectivity index (χ3n) is 3.57. The first-order valence-corrected chi connectivity index (χ1v) is 10.3. The zero-order valence-electron chi connectivity index (χ0n) is 13.9. The van der Waals surface area contributed by atoms with Crippen molar-refractivity contribution in [2.24, 2.45) is 0 Å². The molecule has 1 heterocycles. The topological polar surface area (TPSA) is 119 Å². The lowest BCUT2D eigenvalue weighted by molar-refractivity contribution is -0.385. The Hall–Kier alpha value is -3.11. The average molecular weight is 403 g/mol. The normalized spacial score (nSPS) is 11.7. The molecule has 0 aliphatic heterocycles. The number of para-hydroxylation sites is 1. The molecule has 1 aromatic heterocycles. The number of nitro benzene ring substituents is 1. The predicted molar refractivity (Wildman–Crippen MR) is 103 cm³/mol. The Morgan fingerprint density at radius 1 is 1.26 bits per heavy atom. The summed E-state index contributed by atoms with van der Waals surface area (Å²) >= 11 is 1.14. The number of aromatic nitrogens is 1. The van der Waals surface area contributed by atoms with E-state index in [2.05, 4.69) is 10.3 Å². The minimum absolute atomic E-state index is 0.102. The van der Waals surface area contributed by atoms with E-state index < -0.39 is 20.7 Å². The molecule has 0 atom stereocenters. The number of nitrogens with one attached hydrogen (secondary N) is 1. The van der Waals surface area contributed by atoms with Crippen molar-refractivity contribution in [1.29, 1.82) is 0 Å². The number of hydrogen-bond donors (Lipinski definition) is 1. The highest BCUT2D eigenvalue weighted by Gasteiger charge is 2.12. The van der Waals surface area contributed by atoms with Gasteiger partial charge in [-0.05, 0) is 30.3 Å². The van der Waals surface area contributed by atoms with Crippen molar-refractivity contribution in [2.75, 3.05) is 11.6 Å². The van der Waals surface area contributed by atoms with Crippen molar-refractivity contribution in [2.45, 2.75) is 4.90 Å². The lowest BCUT2D eigenvalue weighted by Crippen LogP contribution is -2.07. The number of carbonyl (C=O) groups excluding carboxylic acids is 1. The number of amides is 1. The van der Waals surface area contributed by atoms with Crippen LogP contribution in [0.15, 0.2) is 53.4 Å². The Balaban J connectivity index is 1.79. The molecule has 0 aliphatic carbocycles. The van der Waals surface area contributed by atoms with Gasteiger partial charge in [0, 0.05) is 18.4 Å². The number of fused-ring (bicyclic) bond motifs is 1. The summed E-state index contributed by atoms with van der Waals surface area (Å²) < 4.78 is 23.8. The van der Waals surface area contributed by atoms with Gasteiger partial charge in [-0.2, -0.15) is 0 Å². The fourth-order valence-electron chi connectivity index (χ4n) is 2.30. The molecule has 0 radical (unpaired) electrons. The molecule has 2 aromatic carbocycles. The maximum Gasteiger partial charge on any atom is 0.276 e. The van der Waals surface area contributed by atoms with E-state index in [-0.39, 0.29) is 10.6 Å². The van der Waals surface area contributed by atoms with E-state index in [0.29, 0.717) is 20.9 Å². The maximum absolute atomic E-state index is 12.1. The van der Waals surface area contributed by atoms with Crippen LogP contribution in [0.25, 0.3) is 16.3 Å². The van der Waals surface area contributed by atoms with Crippen LogP contribution in [0, 0.1) is 10.1 Å². The number of nitrogens with zero attached hydrogens (tertiary/aromatic N) is 2. The number of sulfone groups is 1. The Bertz CT molecular complexity index is 1180. The molecule has 10 heteroatoms. The van der Waals surface area contributed by atoms with Crippen LogP contribution >= 0.6 is 11.3 Å². The SMILES string of the molecule is CS(=O)(=O)c1ccc2nc(NC(=O)/C=C\c3ccccc3[N+](=O)[O-])sc2c1. The number of benzene rings is 2. The second kappa shape index (κ2) is 7.25.